The zero-order valence-electron chi connectivity index (χ0n) is 5.81. The Morgan fingerprint density at radius 3 is 1.88 bits per heavy atom. The van der Waals surface area contributed by atoms with Gasteiger partial charge in [-0.1, -0.05) is 20.8 Å². The lowest BCUT2D eigenvalue weighted by Gasteiger charge is -2.23. The van der Waals surface area contributed by atoms with Gasteiger partial charge in [-0.2, -0.15) is 0 Å². The van der Waals surface area contributed by atoms with Crippen molar-refractivity contribution in [3.63, 3.8) is 0 Å². The predicted octanol–water partition coefficient (Wildman–Crippen LogP) is 1.27. The molecule has 0 aliphatic carbocycles. The first-order valence-electron chi connectivity index (χ1n) is 2.86. The quantitative estimate of drug-likeness (QED) is 0.535. The molecule has 8 heavy (non-hydrogen) atoms. The van der Waals surface area contributed by atoms with Crippen molar-refractivity contribution in [2.45, 2.75) is 26.9 Å². The fraction of sp³-hybridized carbons (Fsp3) is 1.00. The highest BCUT2D eigenvalue weighted by molar-refractivity contribution is 7.16. The van der Waals surface area contributed by atoms with Crippen LogP contribution < -0.4 is 0 Å². The molecule has 0 radical (unpaired) electrons. The van der Waals surface area contributed by atoms with Crippen LogP contribution >= 0.6 is 9.24 Å². The molecule has 0 amide bonds. The Morgan fingerprint density at radius 2 is 1.88 bits per heavy atom. The first-order valence-corrected chi connectivity index (χ1v) is 3.68. The maximum atomic E-state index is 9.17. The summed E-state index contributed by atoms with van der Waals surface area (Å²) < 4.78 is 0. The minimum atomic E-state index is -0.188. The fourth-order valence-corrected chi connectivity index (χ4v) is 1.06. The van der Waals surface area contributed by atoms with Gasteiger partial charge >= 0.3 is 0 Å². The summed E-state index contributed by atoms with van der Waals surface area (Å²) >= 11 is 0. The van der Waals surface area contributed by atoms with Crippen LogP contribution in [0.1, 0.15) is 20.8 Å². The molecule has 2 heteroatoms. The van der Waals surface area contributed by atoms with Gasteiger partial charge in [-0.05, 0) is 11.6 Å². The van der Waals surface area contributed by atoms with E-state index >= 15 is 0 Å². The van der Waals surface area contributed by atoms with Crippen molar-refractivity contribution in [1.29, 1.82) is 0 Å². The Kier molecular flexibility index (Phi) is 2.93. The first kappa shape index (κ1) is 8.39. The Hall–Kier alpha value is 0.390. The van der Waals surface area contributed by atoms with Crippen molar-refractivity contribution in [3.8, 4) is 0 Å². The summed E-state index contributed by atoms with van der Waals surface area (Å²) in [6.07, 6.45) is 0.580. The third-order valence-corrected chi connectivity index (χ3v) is 1.67. The van der Waals surface area contributed by atoms with Crippen LogP contribution in [0.15, 0.2) is 0 Å². The molecule has 50 valence electrons. The second kappa shape index (κ2) is 2.80. The molecule has 0 aromatic heterocycles. The Bertz CT molecular complexity index is 65.4. The van der Waals surface area contributed by atoms with E-state index in [1.165, 1.54) is 0 Å². The standard InChI is InChI=1S/C6H15OP/c1-6(2,3)5(7)4-8/h5,7H,4,8H2,1-3H3/t5-/m0/s1. The highest BCUT2D eigenvalue weighted by Gasteiger charge is 2.19. The molecule has 0 saturated heterocycles. The molecule has 2 atom stereocenters. The van der Waals surface area contributed by atoms with Gasteiger partial charge in [0.2, 0.25) is 0 Å². The summed E-state index contributed by atoms with van der Waals surface area (Å²) in [5, 5.41) is 9.17. The molecule has 0 aliphatic heterocycles. The third-order valence-electron chi connectivity index (χ3n) is 1.22. The van der Waals surface area contributed by atoms with Crippen molar-refractivity contribution >= 4 is 9.24 Å². The van der Waals surface area contributed by atoms with Crippen molar-refractivity contribution in [2.75, 3.05) is 6.16 Å². The fourth-order valence-electron chi connectivity index (χ4n) is 0.354. The number of aliphatic hydroxyl groups is 1. The van der Waals surface area contributed by atoms with Gasteiger partial charge < -0.3 is 5.11 Å². The van der Waals surface area contributed by atoms with Crippen LogP contribution in [0.3, 0.4) is 0 Å². The molecule has 0 aromatic rings. The van der Waals surface area contributed by atoms with E-state index in [0.717, 1.165) is 6.16 Å². The van der Waals surface area contributed by atoms with E-state index in [4.69, 9.17) is 0 Å². The van der Waals surface area contributed by atoms with Crippen LogP contribution in [-0.4, -0.2) is 17.4 Å². The Morgan fingerprint density at radius 1 is 1.50 bits per heavy atom. The van der Waals surface area contributed by atoms with Gasteiger partial charge in [0.25, 0.3) is 0 Å². The van der Waals surface area contributed by atoms with Crippen LogP contribution in [0.25, 0.3) is 0 Å². The van der Waals surface area contributed by atoms with Gasteiger partial charge in [0.1, 0.15) is 0 Å². The van der Waals surface area contributed by atoms with E-state index in [-0.39, 0.29) is 11.5 Å². The molecule has 0 bridgehead atoms. The van der Waals surface area contributed by atoms with Crippen LogP contribution in [0, 0.1) is 5.41 Å². The summed E-state index contributed by atoms with van der Waals surface area (Å²) in [6, 6.07) is 0. The Labute approximate surface area is 53.7 Å². The number of rotatable bonds is 1. The molecule has 0 heterocycles. The van der Waals surface area contributed by atoms with E-state index in [9.17, 15) is 5.11 Å². The van der Waals surface area contributed by atoms with Crippen molar-refractivity contribution in [2.24, 2.45) is 5.41 Å². The molecular weight excluding hydrogens is 119 g/mol. The number of hydrogen-bond donors (Lipinski definition) is 1. The molecule has 0 saturated carbocycles. The second-order valence-electron chi connectivity index (χ2n) is 3.12. The third kappa shape index (κ3) is 2.64. The van der Waals surface area contributed by atoms with Crippen LogP contribution in [0.4, 0.5) is 0 Å². The van der Waals surface area contributed by atoms with Crippen LogP contribution in [-0.2, 0) is 0 Å². The normalized spacial score (nSPS) is 16.1. The van der Waals surface area contributed by atoms with Crippen LogP contribution in [0.2, 0.25) is 0 Å². The summed E-state index contributed by atoms with van der Waals surface area (Å²) in [6.45, 7) is 6.09. The molecule has 1 nitrogen and oxygen atoms in total. The van der Waals surface area contributed by atoms with Gasteiger partial charge in [0, 0.05) is 0 Å². The molecule has 0 aliphatic rings. The van der Waals surface area contributed by atoms with Gasteiger partial charge in [-0.3, -0.25) is 0 Å². The highest BCUT2D eigenvalue weighted by atomic mass is 31.0. The lowest BCUT2D eigenvalue weighted by atomic mass is 9.90. The average Bonchev–Trinajstić information content (AvgIpc) is 1.62. The zero-order chi connectivity index (χ0) is 6.78. The topological polar surface area (TPSA) is 20.2 Å². The highest BCUT2D eigenvalue weighted by Crippen LogP contribution is 2.19. The molecule has 0 aromatic carbocycles. The summed E-state index contributed by atoms with van der Waals surface area (Å²) in [7, 11) is 2.53. The zero-order valence-corrected chi connectivity index (χ0v) is 6.96. The van der Waals surface area contributed by atoms with E-state index in [1.54, 1.807) is 0 Å². The van der Waals surface area contributed by atoms with E-state index < -0.39 is 0 Å². The number of aliphatic hydroxyl groups excluding tert-OH is 1. The largest absolute Gasteiger partial charge is 0.392 e. The van der Waals surface area contributed by atoms with Gasteiger partial charge in [-0.25, -0.2) is 0 Å². The smallest absolute Gasteiger partial charge is 0.0622 e. The average molecular weight is 134 g/mol. The van der Waals surface area contributed by atoms with Gasteiger partial charge in [0.15, 0.2) is 0 Å². The minimum Gasteiger partial charge on any atom is -0.392 e. The maximum absolute atomic E-state index is 9.17. The summed E-state index contributed by atoms with van der Waals surface area (Å²) in [4.78, 5) is 0. The minimum absolute atomic E-state index is 0.0434. The second-order valence-corrected chi connectivity index (χ2v) is 3.59. The van der Waals surface area contributed by atoms with E-state index in [1.807, 2.05) is 20.8 Å². The SMILES string of the molecule is CC(C)(C)[C@@H](O)CP. The van der Waals surface area contributed by atoms with E-state index in [0.29, 0.717) is 0 Å². The molecular formula is C6H15OP. The van der Waals surface area contributed by atoms with Crippen molar-refractivity contribution < 1.29 is 5.11 Å². The summed E-state index contributed by atoms with van der Waals surface area (Å²) in [5.41, 5.74) is 0.0434. The molecule has 0 fully saturated rings. The molecule has 0 spiro atoms. The van der Waals surface area contributed by atoms with Crippen molar-refractivity contribution in [3.05, 3.63) is 0 Å². The lowest BCUT2D eigenvalue weighted by Crippen LogP contribution is -2.26. The van der Waals surface area contributed by atoms with E-state index in [2.05, 4.69) is 9.24 Å². The molecule has 1 N–H and O–H groups in total. The lowest BCUT2D eigenvalue weighted by molar-refractivity contribution is 0.0841. The molecule has 0 rings (SSSR count). The van der Waals surface area contributed by atoms with Crippen LogP contribution in [0.5, 0.6) is 0 Å². The molecule has 1 unspecified atom stereocenters. The van der Waals surface area contributed by atoms with Gasteiger partial charge in [0.05, 0.1) is 6.10 Å². The number of hydrogen-bond acceptors (Lipinski definition) is 1. The Balaban J connectivity index is 3.62. The van der Waals surface area contributed by atoms with Gasteiger partial charge in [-0.15, -0.1) is 9.24 Å². The maximum Gasteiger partial charge on any atom is 0.0622 e. The summed E-state index contributed by atoms with van der Waals surface area (Å²) in [5.74, 6) is 0. The first-order chi connectivity index (χ1) is 3.48. The predicted molar refractivity (Wildman–Crippen MR) is 40.0 cm³/mol. The van der Waals surface area contributed by atoms with Crippen molar-refractivity contribution in [1.82, 2.24) is 0 Å². The monoisotopic (exact) mass is 134 g/mol.